The molecule has 6 nitrogen and oxygen atoms in total. The van der Waals surface area contributed by atoms with Gasteiger partial charge < -0.3 is 9.47 Å². The van der Waals surface area contributed by atoms with Crippen LogP contribution >= 0.6 is 0 Å². The third-order valence-corrected chi connectivity index (χ3v) is 8.23. The molecular weight excluding hydrogens is 532 g/mol. The second kappa shape index (κ2) is 11.6. The van der Waals surface area contributed by atoms with Crippen molar-refractivity contribution >= 4 is 22.7 Å². The van der Waals surface area contributed by atoms with E-state index in [4.69, 9.17) is 4.98 Å². The minimum atomic E-state index is -0.664. The molecule has 0 unspecified atom stereocenters. The van der Waals surface area contributed by atoms with Crippen LogP contribution in [0.1, 0.15) is 44.9 Å². The first-order valence-corrected chi connectivity index (χ1v) is 14.5. The van der Waals surface area contributed by atoms with E-state index in [2.05, 4.69) is 84.3 Å². The van der Waals surface area contributed by atoms with Crippen molar-refractivity contribution < 1.29 is 9.59 Å². The lowest BCUT2D eigenvalue weighted by atomic mass is 9.76. The number of hydrogen-bond donors (Lipinski definition) is 0. The number of ketones is 1. The van der Waals surface area contributed by atoms with Crippen molar-refractivity contribution in [3.8, 4) is 0 Å². The Hall–Kier alpha value is -5.23. The van der Waals surface area contributed by atoms with Crippen LogP contribution in [-0.4, -0.2) is 44.9 Å². The predicted octanol–water partition coefficient (Wildman–Crippen LogP) is 7.33. The quantitative estimate of drug-likeness (QED) is 0.143. The van der Waals surface area contributed by atoms with E-state index in [1.54, 1.807) is 24.9 Å². The normalized spacial score (nSPS) is 11.5. The van der Waals surface area contributed by atoms with Crippen LogP contribution in [0.5, 0.6) is 0 Å². The van der Waals surface area contributed by atoms with Gasteiger partial charge in [-0.05, 0) is 36.1 Å². The topological polar surface area (TPSA) is 60.1 Å². The summed E-state index contributed by atoms with van der Waals surface area (Å²) < 4.78 is 3.80. The first kappa shape index (κ1) is 27.9. The molecule has 0 saturated carbocycles. The fraction of sp³-hybridized carbons (Fsp3) is 0.162. The second-order valence-electron chi connectivity index (χ2n) is 11.0. The Labute approximate surface area is 251 Å². The van der Waals surface area contributed by atoms with E-state index in [-0.39, 0.29) is 18.2 Å². The number of nitrogens with zero attached hydrogens (tertiary/aromatic N) is 4. The van der Waals surface area contributed by atoms with Crippen molar-refractivity contribution in [3.63, 3.8) is 0 Å². The average molecular weight is 567 g/mol. The molecule has 6 rings (SSSR count). The zero-order chi connectivity index (χ0) is 30.0. The van der Waals surface area contributed by atoms with Gasteiger partial charge in [0.15, 0.2) is 5.78 Å². The van der Waals surface area contributed by atoms with Gasteiger partial charge in [0.1, 0.15) is 5.54 Å². The summed E-state index contributed by atoms with van der Waals surface area (Å²) in [5.74, 6) is -0.0177. The van der Waals surface area contributed by atoms with Crippen LogP contribution in [0.15, 0.2) is 128 Å². The van der Waals surface area contributed by atoms with Crippen LogP contribution in [0.2, 0.25) is 0 Å². The fourth-order valence-corrected chi connectivity index (χ4v) is 6.13. The molecule has 0 radical (unpaired) electrons. The Morgan fingerprint density at radius 3 is 1.79 bits per heavy atom. The van der Waals surface area contributed by atoms with Crippen molar-refractivity contribution in [3.05, 3.63) is 161 Å². The Morgan fingerprint density at radius 1 is 0.744 bits per heavy atom. The highest BCUT2D eigenvalue weighted by Gasteiger charge is 2.39. The lowest BCUT2D eigenvalue weighted by Gasteiger charge is -2.38. The maximum absolute atomic E-state index is 13.6. The third-order valence-electron chi connectivity index (χ3n) is 8.23. The number of aryl methyl sites for hydroxylation is 1. The van der Waals surface area contributed by atoms with Gasteiger partial charge in [0.25, 0.3) is 0 Å². The maximum Gasteiger partial charge on any atom is 0.328 e. The molecule has 0 aliphatic rings. The van der Waals surface area contributed by atoms with E-state index in [0.717, 1.165) is 39.0 Å². The lowest BCUT2D eigenvalue weighted by molar-refractivity contribution is 0.0984. The molecule has 0 atom stereocenters. The van der Waals surface area contributed by atoms with Gasteiger partial charge in [-0.25, -0.2) is 9.78 Å². The lowest BCUT2D eigenvalue weighted by Crippen LogP contribution is -2.38. The van der Waals surface area contributed by atoms with Crippen molar-refractivity contribution in [2.75, 3.05) is 14.1 Å². The zero-order valence-corrected chi connectivity index (χ0v) is 24.6. The number of carbonyl (C=O) groups is 2. The van der Waals surface area contributed by atoms with E-state index in [9.17, 15) is 9.59 Å². The fourth-order valence-electron chi connectivity index (χ4n) is 6.13. The van der Waals surface area contributed by atoms with Crippen molar-refractivity contribution in [2.24, 2.45) is 0 Å². The summed E-state index contributed by atoms with van der Waals surface area (Å²) in [4.78, 5) is 32.9. The highest BCUT2D eigenvalue weighted by molar-refractivity contribution is 6.10. The van der Waals surface area contributed by atoms with E-state index >= 15 is 0 Å². The van der Waals surface area contributed by atoms with Crippen LogP contribution < -0.4 is 0 Å². The number of carbonyl (C=O) groups excluding carboxylic acids is 2. The Morgan fingerprint density at radius 2 is 1.26 bits per heavy atom. The molecule has 1 amide bonds. The van der Waals surface area contributed by atoms with Crippen molar-refractivity contribution in [1.29, 1.82) is 0 Å². The molecule has 0 N–H and O–H groups in total. The number of rotatable bonds is 8. The molecule has 2 aromatic heterocycles. The first-order chi connectivity index (χ1) is 20.9. The molecule has 0 fully saturated rings. The number of fused-ring (bicyclic) bond motifs is 1. The Bertz CT molecular complexity index is 1790. The molecule has 0 aliphatic heterocycles. The van der Waals surface area contributed by atoms with E-state index < -0.39 is 5.54 Å². The van der Waals surface area contributed by atoms with Gasteiger partial charge in [0.2, 0.25) is 0 Å². The van der Waals surface area contributed by atoms with Crippen molar-refractivity contribution in [2.45, 2.75) is 25.3 Å². The maximum atomic E-state index is 13.6. The second-order valence-corrected chi connectivity index (χ2v) is 11.0. The smallest absolute Gasteiger partial charge is 0.328 e. The Balaban J connectivity index is 1.40. The van der Waals surface area contributed by atoms with Gasteiger partial charge in [0, 0.05) is 43.4 Å². The first-order valence-electron chi connectivity index (χ1n) is 14.5. The van der Waals surface area contributed by atoms with Crippen LogP contribution in [0.4, 0.5) is 4.79 Å². The van der Waals surface area contributed by atoms with Gasteiger partial charge >= 0.3 is 6.03 Å². The monoisotopic (exact) mass is 566 g/mol. The number of benzene rings is 4. The summed E-state index contributed by atoms with van der Waals surface area (Å²) in [6, 6.07) is 38.8. The summed E-state index contributed by atoms with van der Waals surface area (Å²) in [6.07, 6.45) is 4.33. The Kier molecular flexibility index (Phi) is 7.51. The number of amides is 1. The van der Waals surface area contributed by atoms with Crippen LogP contribution in [0.3, 0.4) is 0 Å². The summed E-state index contributed by atoms with van der Waals surface area (Å²) in [6.45, 7) is 2.08. The standard InChI is InChI=1S/C37H34N4O2/c1-27-33(23-24-35(42)32-25-40(36(43)39(2)3)34-22-14-13-21-31(32)34)38-26-41(27)37(28-15-7-4-8-16-28,29-17-9-5-10-18-29)30-19-11-6-12-20-30/h4-22,25-26H,23-24H2,1-3H3. The van der Waals surface area contributed by atoms with Gasteiger partial charge in [0.05, 0.1) is 17.5 Å². The molecule has 0 spiro atoms. The van der Waals surface area contributed by atoms with Gasteiger partial charge in [-0.3, -0.25) is 9.36 Å². The number of hydrogen-bond acceptors (Lipinski definition) is 3. The number of aromatic nitrogens is 3. The highest BCUT2D eigenvalue weighted by atomic mass is 16.2. The van der Waals surface area contributed by atoms with Crippen molar-refractivity contribution in [1.82, 2.24) is 19.0 Å². The summed E-state index contributed by atoms with van der Waals surface area (Å²) in [7, 11) is 3.41. The molecular formula is C37H34N4O2. The summed E-state index contributed by atoms with van der Waals surface area (Å²) >= 11 is 0. The highest BCUT2D eigenvalue weighted by Crippen LogP contribution is 2.42. The SMILES string of the molecule is Cc1c(CCC(=O)c2cn(C(=O)N(C)C)c3ccccc23)ncn1C(c1ccccc1)(c1ccccc1)c1ccccc1. The zero-order valence-electron chi connectivity index (χ0n) is 24.6. The van der Waals surface area contributed by atoms with Crippen LogP contribution in [0, 0.1) is 6.92 Å². The van der Waals surface area contributed by atoms with E-state index in [1.165, 1.54) is 4.90 Å². The molecule has 43 heavy (non-hydrogen) atoms. The molecule has 2 heterocycles. The molecule has 4 aromatic carbocycles. The third kappa shape index (κ3) is 4.85. The average Bonchev–Trinajstić information content (AvgIpc) is 3.62. The summed E-state index contributed by atoms with van der Waals surface area (Å²) in [5.41, 5.74) is 5.83. The molecule has 0 saturated heterocycles. The molecule has 0 bridgehead atoms. The van der Waals surface area contributed by atoms with Crippen LogP contribution in [-0.2, 0) is 12.0 Å². The molecule has 6 heteroatoms. The largest absolute Gasteiger partial charge is 0.330 e. The van der Waals surface area contributed by atoms with Gasteiger partial charge in [-0.1, -0.05) is 109 Å². The predicted molar refractivity (Wildman–Crippen MR) is 171 cm³/mol. The number of Topliss-reactive ketones (excluding diaryl/α,β-unsaturated/α-hetero) is 1. The van der Waals surface area contributed by atoms with Crippen LogP contribution in [0.25, 0.3) is 10.9 Å². The van der Waals surface area contributed by atoms with Gasteiger partial charge in [-0.2, -0.15) is 0 Å². The van der Waals surface area contributed by atoms with Gasteiger partial charge in [-0.15, -0.1) is 0 Å². The minimum absolute atomic E-state index is 0.0177. The number of para-hydroxylation sites is 1. The minimum Gasteiger partial charge on any atom is -0.330 e. The summed E-state index contributed by atoms with van der Waals surface area (Å²) in [5, 5.41) is 0.779. The van der Waals surface area contributed by atoms with E-state index in [0.29, 0.717) is 12.0 Å². The molecule has 6 aromatic rings. The molecule has 0 aliphatic carbocycles. The number of imidazole rings is 1. The van der Waals surface area contributed by atoms with E-state index in [1.807, 2.05) is 48.8 Å². The molecule has 214 valence electrons.